The van der Waals surface area contributed by atoms with Gasteiger partial charge in [-0.25, -0.2) is 4.98 Å². The maximum absolute atomic E-state index is 6.96. The molecule has 376 valence electrons. The SMILES string of the molecule is CC(C)(C)c1cc(Oc2[c-]c3c(cc2)c2oc4ccccc4c2n3-c2cc(C(C)(C)C)ccn2)[c-]c(N2[CH-]N(c3c(-c4cccc(-c5ccccc5)c4)cccc3-c3cccc(C(C)(C)C)c3)c3ccccc32)c1.[Pt]. The van der Waals surface area contributed by atoms with Gasteiger partial charge in [0.15, 0.2) is 0 Å². The molecule has 0 aliphatic carbocycles. The monoisotopic (exact) mass is 1160 g/mol. The summed E-state index contributed by atoms with van der Waals surface area (Å²) in [5, 5.41) is 1.94. The van der Waals surface area contributed by atoms with Crippen LogP contribution < -0.4 is 14.5 Å². The van der Waals surface area contributed by atoms with Crippen LogP contribution in [0.1, 0.15) is 79.0 Å². The molecule has 1 aliphatic heterocycles. The van der Waals surface area contributed by atoms with E-state index in [0.717, 1.165) is 89.4 Å². The van der Waals surface area contributed by atoms with Crippen LogP contribution in [-0.2, 0) is 37.3 Å². The zero-order chi connectivity index (χ0) is 51.1. The van der Waals surface area contributed by atoms with Gasteiger partial charge in [-0.2, -0.15) is 6.07 Å². The van der Waals surface area contributed by atoms with Crippen LogP contribution in [0, 0.1) is 18.8 Å². The van der Waals surface area contributed by atoms with E-state index in [2.05, 4.69) is 259 Å². The zero-order valence-corrected chi connectivity index (χ0v) is 46.2. The Kier molecular flexibility index (Phi) is 12.5. The van der Waals surface area contributed by atoms with Gasteiger partial charge in [0.2, 0.25) is 0 Å². The van der Waals surface area contributed by atoms with E-state index < -0.39 is 0 Å². The first kappa shape index (κ1) is 49.5. The molecule has 4 heterocycles. The molecule has 0 unspecified atom stereocenters. The molecule has 75 heavy (non-hydrogen) atoms. The second-order valence-corrected chi connectivity index (χ2v) is 22.6. The Balaban J connectivity index is 0.00000602. The molecular weight excluding hydrogens is 1100 g/mol. The number of nitrogens with zero attached hydrogens (tertiary/aromatic N) is 4. The molecule has 3 aromatic heterocycles. The Morgan fingerprint density at radius 3 is 1.84 bits per heavy atom. The summed E-state index contributed by atoms with van der Waals surface area (Å²) in [5.74, 6) is 1.94. The van der Waals surface area contributed by atoms with Gasteiger partial charge in [0.25, 0.3) is 0 Å². The number of aromatic nitrogens is 2. The molecule has 11 aromatic rings. The van der Waals surface area contributed by atoms with E-state index in [1.807, 2.05) is 24.4 Å². The number of rotatable bonds is 8. The maximum atomic E-state index is 6.96. The number of para-hydroxylation sites is 4. The average molecular weight is 1160 g/mol. The van der Waals surface area contributed by atoms with E-state index in [4.69, 9.17) is 14.1 Å². The van der Waals surface area contributed by atoms with Crippen LogP contribution in [0.4, 0.5) is 22.7 Å². The summed E-state index contributed by atoms with van der Waals surface area (Å²) in [6.07, 6.45) is 1.90. The quantitative estimate of drug-likeness (QED) is 0.142. The normalized spacial score (nSPS) is 12.9. The number of anilines is 4. The van der Waals surface area contributed by atoms with Crippen molar-refractivity contribution >= 4 is 55.7 Å². The molecular formula is C68H59N4O2Pt-3. The van der Waals surface area contributed by atoms with Gasteiger partial charge < -0.3 is 23.5 Å². The van der Waals surface area contributed by atoms with Gasteiger partial charge >= 0.3 is 0 Å². The molecule has 0 saturated heterocycles. The molecule has 0 N–H and O–H groups in total. The number of pyridine rings is 1. The molecule has 0 radical (unpaired) electrons. The van der Waals surface area contributed by atoms with E-state index in [9.17, 15) is 0 Å². The predicted molar refractivity (Wildman–Crippen MR) is 306 cm³/mol. The third-order valence-electron chi connectivity index (χ3n) is 14.4. The van der Waals surface area contributed by atoms with Gasteiger partial charge in [-0.3, -0.25) is 0 Å². The Morgan fingerprint density at radius 2 is 1.11 bits per heavy atom. The first-order valence-corrected chi connectivity index (χ1v) is 25.6. The summed E-state index contributed by atoms with van der Waals surface area (Å²) < 4.78 is 15.7. The summed E-state index contributed by atoms with van der Waals surface area (Å²) in [6.45, 7) is 22.5. The topological polar surface area (TPSA) is 46.7 Å². The van der Waals surface area contributed by atoms with Crippen LogP contribution >= 0.6 is 0 Å². The minimum atomic E-state index is -0.222. The van der Waals surface area contributed by atoms with Gasteiger partial charge in [-0.05, 0) is 92.1 Å². The number of furan rings is 1. The van der Waals surface area contributed by atoms with Crippen molar-refractivity contribution in [3.05, 3.63) is 224 Å². The largest absolute Gasteiger partial charge is 0.509 e. The van der Waals surface area contributed by atoms with Crippen molar-refractivity contribution in [1.82, 2.24) is 9.55 Å². The van der Waals surface area contributed by atoms with Crippen molar-refractivity contribution in [3.63, 3.8) is 0 Å². The van der Waals surface area contributed by atoms with E-state index in [-0.39, 0.29) is 37.3 Å². The van der Waals surface area contributed by atoms with Crippen molar-refractivity contribution in [3.8, 4) is 50.7 Å². The fraction of sp³-hybridized carbons (Fsp3) is 0.176. The minimum absolute atomic E-state index is 0. The van der Waals surface area contributed by atoms with Crippen molar-refractivity contribution < 1.29 is 30.2 Å². The van der Waals surface area contributed by atoms with Crippen molar-refractivity contribution in [2.24, 2.45) is 0 Å². The van der Waals surface area contributed by atoms with Gasteiger partial charge in [-0.1, -0.05) is 188 Å². The van der Waals surface area contributed by atoms with E-state index >= 15 is 0 Å². The van der Waals surface area contributed by atoms with Gasteiger partial charge in [-0.15, -0.1) is 48.3 Å². The molecule has 0 spiro atoms. The molecule has 0 atom stereocenters. The van der Waals surface area contributed by atoms with Crippen LogP contribution in [-0.4, -0.2) is 9.55 Å². The maximum Gasteiger partial charge on any atom is 0.136 e. The first-order chi connectivity index (χ1) is 35.6. The summed E-state index contributed by atoms with van der Waals surface area (Å²) in [5.41, 5.74) is 17.6. The fourth-order valence-corrected chi connectivity index (χ4v) is 10.3. The van der Waals surface area contributed by atoms with Crippen molar-refractivity contribution in [2.75, 3.05) is 9.80 Å². The predicted octanol–water partition coefficient (Wildman–Crippen LogP) is 18.6. The van der Waals surface area contributed by atoms with E-state index in [0.29, 0.717) is 11.5 Å². The van der Waals surface area contributed by atoms with Crippen LogP contribution in [0.15, 0.2) is 193 Å². The standard InChI is InChI=1S/C68H59N4O2.Pt/c1-66(2,3)48-25-18-24-47(37-48)55-28-19-27-54(46-23-17-22-45(36-46)44-20-11-10-12-21-44)63(55)71-43-70(58-29-14-15-30-59(58)71)51-38-50(68(7,8)9)39-53(41-51)73-52-32-33-56-60(42-52)72(62-40-49(34-35-69-62)67(4,5)6)64-57-26-13-16-31-61(57)74-65(56)64;/h10-40,43H,1-9H3;/q-3;. The smallest absolute Gasteiger partial charge is 0.136 e. The van der Waals surface area contributed by atoms with Crippen molar-refractivity contribution in [1.29, 1.82) is 0 Å². The first-order valence-electron chi connectivity index (χ1n) is 25.6. The van der Waals surface area contributed by atoms with Crippen molar-refractivity contribution in [2.45, 2.75) is 78.6 Å². The average Bonchev–Trinajstić information content (AvgIpc) is 4.10. The van der Waals surface area contributed by atoms with Crippen LogP contribution in [0.25, 0.3) is 72.2 Å². The fourth-order valence-electron chi connectivity index (χ4n) is 10.3. The molecule has 1 aliphatic rings. The molecule has 8 aromatic carbocycles. The molecule has 7 heteroatoms. The van der Waals surface area contributed by atoms with Gasteiger partial charge in [0.05, 0.1) is 5.52 Å². The number of fused-ring (bicyclic) bond motifs is 6. The Bertz CT molecular complexity index is 3940. The number of hydrogen-bond acceptors (Lipinski definition) is 5. The number of hydrogen-bond donors (Lipinski definition) is 0. The molecule has 0 saturated carbocycles. The van der Waals surface area contributed by atoms with Gasteiger partial charge in [0.1, 0.15) is 17.0 Å². The van der Waals surface area contributed by atoms with Gasteiger partial charge in [0, 0.05) is 72.3 Å². The van der Waals surface area contributed by atoms with Crippen LogP contribution in [0.5, 0.6) is 11.5 Å². The van der Waals surface area contributed by atoms with Crippen LogP contribution in [0.3, 0.4) is 0 Å². The Morgan fingerprint density at radius 1 is 0.493 bits per heavy atom. The van der Waals surface area contributed by atoms with Crippen LogP contribution in [0.2, 0.25) is 0 Å². The molecule has 0 bridgehead atoms. The number of benzene rings is 8. The molecule has 0 amide bonds. The second kappa shape index (κ2) is 18.9. The number of ether oxygens (including phenoxy) is 1. The summed E-state index contributed by atoms with van der Waals surface area (Å²) in [6, 6.07) is 72.3. The minimum Gasteiger partial charge on any atom is -0.509 e. The summed E-state index contributed by atoms with van der Waals surface area (Å²) in [4.78, 5) is 9.58. The molecule has 12 rings (SSSR count). The Labute approximate surface area is 455 Å². The van der Waals surface area contributed by atoms with E-state index in [1.165, 1.54) is 22.3 Å². The summed E-state index contributed by atoms with van der Waals surface area (Å²) >= 11 is 0. The van der Waals surface area contributed by atoms with E-state index in [1.54, 1.807) is 0 Å². The molecule has 0 fully saturated rings. The zero-order valence-electron chi connectivity index (χ0n) is 43.9. The third kappa shape index (κ3) is 9.14. The summed E-state index contributed by atoms with van der Waals surface area (Å²) in [7, 11) is 0. The third-order valence-corrected chi connectivity index (χ3v) is 14.4. The molecule has 6 nitrogen and oxygen atoms in total. The Hall–Kier alpha value is -7.66. The second-order valence-electron chi connectivity index (χ2n) is 22.6.